The van der Waals surface area contributed by atoms with Gasteiger partial charge in [0.15, 0.2) is 11.0 Å². The fourth-order valence-electron chi connectivity index (χ4n) is 7.13. The zero-order valence-electron chi connectivity index (χ0n) is 22.1. The van der Waals surface area contributed by atoms with Gasteiger partial charge < -0.3 is 14.4 Å². The van der Waals surface area contributed by atoms with Crippen LogP contribution in [0, 0.1) is 17.2 Å². The molecule has 8 nitrogen and oxygen atoms in total. The van der Waals surface area contributed by atoms with Gasteiger partial charge in [0, 0.05) is 24.7 Å². The molecule has 0 aromatic carbocycles. The van der Waals surface area contributed by atoms with E-state index in [2.05, 4.69) is 14.9 Å². The van der Waals surface area contributed by atoms with Crippen molar-refractivity contribution >= 4 is 34.4 Å². The highest BCUT2D eigenvalue weighted by Gasteiger charge is 2.51. The van der Waals surface area contributed by atoms with Crippen molar-refractivity contribution in [1.82, 2.24) is 19.9 Å². The first-order chi connectivity index (χ1) is 18.0. The standard InChI is InChI=1S/C27H34ClF2N5O3/c1-26(2,3)38-25(36)35-17-6-7-18(35)13-34(12-17)23-19-11-31-22(28)20(30)21(19)32-24(33-23)37-14-27-8-4-5-15(27)9-16(29)10-27/h11,15-18H,4-10,12-14H2,1-3H3/t15?,16-,17?,18?,27-/m0/s1. The Morgan fingerprint density at radius 2 is 1.95 bits per heavy atom. The zero-order valence-corrected chi connectivity index (χ0v) is 22.8. The molecular weight excluding hydrogens is 516 g/mol. The fraction of sp³-hybridized carbons (Fsp3) is 0.704. The Labute approximate surface area is 226 Å². The third kappa shape index (κ3) is 4.52. The average molecular weight is 550 g/mol. The van der Waals surface area contributed by atoms with Crippen LogP contribution in [0.15, 0.2) is 6.20 Å². The molecular formula is C27H34ClF2N5O3. The highest BCUT2D eigenvalue weighted by Crippen LogP contribution is 2.55. The molecule has 3 unspecified atom stereocenters. The second-order valence-corrected chi connectivity index (χ2v) is 12.8. The number of ether oxygens (including phenoxy) is 2. The number of anilines is 1. The highest BCUT2D eigenvalue weighted by atomic mass is 35.5. The molecule has 2 aromatic heterocycles. The minimum atomic E-state index is -0.809. The highest BCUT2D eigenvalue weighted by molar-refractivity contribution is 6.30. The maximum atomic E-state index is 15.1. The molecule has 2 aliphatic carbocycles. The molecule has 0 spiro atoms. The molecule has 2 bridgehead atoms. The van der Waals surface area contributed by atoms with Gasteiger partial charge in [-0.25, -0.2) is 18.6 Å². The average Bonchev–Trinajstić information content (AvgIpc) is 3.46. The molecule has 206 valence electrons. The summed E-state index contributed by atoms with van der Waals surface area (Å²) < 4.78 is 41.2. The van der Waals surface area contributed by atoms with E-state index in [-0.39, 0.29) is 40.3 Å². The van der Waals surface area contributed by atoms with E-state index in [1.54, 1.807) is 0 Å². The SMILES string of the molecule is CC(C)(C)OC(=O)N1C2CCC1CN(c1nc(OC[C@@]34CCCC3C[C@H](F)C4)nc3c(F)c(Cl)ncc13)C2. The van der Waals surface area contributed by atoms with E-state index < -0.39 is 17.6 Å². The summed E-state index contributed by atoms with van der Waals surface area (Å²) in [6, 6.07) is -0.0553. The maximum absolute atomic E-state index is 15.1. The molecule has 11 heteroatoms. The molecule has 1 amide bonds. The molecule has 4 fully saturated rings. The summed E-state index contributed by atoms with van der Waals surface area (Å²) in [6.07, 6.45) is 6.10. The molecule has 4 heterocycles. The minimum Gasteiger partial charge on any atom is -0.463 e. The van der Waals surface area contributed by atoms with E-state index in [1.807, 2.05) is 25.7 Å². The van der Waals surface area contributed by atoms with Crippen LogP contribution in [-0.2, 0) is 4.74 Å². The normalized spacial score (nSPS) is 30.7. The van der Waals surface area contributed by atoms with E-state index >= 15 is 4.39 Å². The molecule has 2 saturated heterocycles. The van der Waals surface area contributed by atoms with Crippen molar-refractivity contribution in [3.05, 3.63) is 17.2 Å². The third-order valence-corrected chi connectivity index (χ3v) is 9.00. The Bertz CT molecular complexity index is 1250. The van der Waals surface area contributed by atoms with Crippen LogP contribution in [-0.4, -0.2) is 69.5 Å². The predicted octanol–water partition coefficient (Wildman–Crippen LogP) is 5.70. The van der Waals surface area contributed by atoms with Crippen LogP contribution in [0.4, 0.5) is 19.4 Å². The topological polar surface area (TPSA) is 80.7 Å². The number of nitrogens with zero attached hydrogens (tertiary/aromatic N) is 5. The second kappa shape index (κ2) is 9.31. The van der Waals surface area contributed by atoms with Crippen LogP contribution in [0.1, 0.15) is 65.7 Å². The Balaban J connectivity index is 1.30. The minimum absolute atomic E-state index is 0.0437. The maximum Gasteiger partial charge on any atom is 0.410 e. The number of hydrogen-bond donors (Lipinski definition) is 0. The van der Waals surface area contributed by atoms with Gasteiger partial charge in [0.05, 0.1) is 24.1 Å². The lowest BCUT2D eigenvalue weighted by molar-refractivity contribution is 0.0122. The van der Waals surface area contributed by atoms with Crippen molar-refractivity contribution in [2.75, 3.05) is 24.6 Å². The summed E-state index contributed by atoms with van der Waals surface area (Å²) in [4.78, 5) is 29.9. The van der Waals surface area contributed by atoms with Crippen LogP contribution >= 0.6 is 11.6 Å². The van der Waals surface area contributed by atoms with Crippen LogP contribution < -0.4 is 9.64 Å². The van der Waals surface area contributed by atoms with Gasteiger partial charge in [-0.3, -0.25) is 4.90 Å². The number of halogens is 3. The summed E-state index contributed by atoms with van der Waals surface area (Å²) in [5.74, 6) is 0.0723. The lowest BCUT2D eigenvalue weighted by Crippen LogP contribution is -2.57. The molecule has 4 aliphatic rings. The van der Waals surface area contributed by atoms with Crippen molar-refractivity contribution in [1.29, 1.82) is 0 Å². The number of amides is 1. The molecule has 6 rings (SSSR count). The Hall–Kier alpha value is -2.49. The van der Waals surface area contributed by atoms with Crippen LogP contribution in [0.2, 0.25) is 5.15 Å². The summed E-state index contributed by atoms with van der Waals surface area (Å²) in [6.45, 7) is 6.91. The summed E-state index contributed by atoms with van der Waals surface area (Å²) >= 11 is 6.01. The Kier molecular flexibility index (Phi) is 6.31. The van der Waals surface area contributed by atoms with Gasteiger partial charge in [-0.1, -0.05) is 18.0 Å². The van der Waals surface area contributed by atoms with Crippen LogP contribution in [0.25, 0.3) is 10.9 Å². The molecule has 5 atom stereocenters. The van der Waals surface area contributed by atoms with Gasteiger partial charge in [0.2, 0.25) is 0 Å². The van der Waals surface area contributed by atoms with Gasteiger partial charge in [-0.05, 0) is 65.2 Å². The van der Waals surface area contributed by atoms with Gasteiger partial charge in [-0.2, -0.15) is 9.97 Å². The lowest BCUT2D eigenvalue weighted by atomic mass is 9.81. The van der Waals surface area contributed by atoms with E-state index in [4.69, 9.17) is 26.1 Å². The second-order valence-electron chi connectivity index (χ2n) is 12.4. The van der Waals surface area contributed by atoms with Crippen LogP contribution in [0.5, 0.6) is 6.01 Å². The number of rotatable bonds is 4. The smallest absolute Gasteiger partial charge is 0.410 e. The first-order valence-electron chi connectivity index (χ1n) is 13.6. The molecule has 0 N–H and O–H groups in total. The van der Waals surface area contributed by atoms with Crippen molar-refractivity contribution in [3.8, 4) is 6.01 Å². The summed E-state index contributed by atoms with van der Waals surface area (Å²) in [5.41, 5.74) is -0.753. The van der Waals surface area contributed by atoms with Crippen molar-refractivity contribution in [3.63, 3.8) is 0 Å². The number of aromatic nitrogens is 3. The molecule has 2 aliphatic heterocycles. The van der Waals surface area contributed by atoms with Gasteiger partial charge in [0.1, 0.15) is 23.1 Å². The number of carbonyl (C=O) groups excluding carboxylic acids is 1. The van der Waals surface area contributed by atoms with Gasteiger partial charge in [-0.15, -0.1) is 0 Å². The number of fused-ring (bicyclic) bond motifs is 4. The third-order valence-electron chi connectivity index (χ3n) is 8.74. The van der Waals surface area contributed by atoms with Gasteiger partial charge >= 0.3 is 12.1 Å². The van der Waals surface area contributed by atoms with Crippen molar-refractivity contribution in [2.45, 2.75) is 89.6 Å². The number of pyridine rings is 1. The monoisotopic (exact) mass is 549 g/mol. The lowest BCUT2D eigenvalue weighted by Gasteiger charge is -2.42. The van der Waals surface area contributed by atoms with E-state index in [1.165, 1.54) is 6.20 Å². The van der Waals surface area contributed by atoms with Gasteiger partial charge in [0.25, 0.3) is 0 Å². The Morgan fingerprint density at radius 3 is 2.66 bits per heavy atom. The fourth-order valence-corrected chi connectivity index (χ4v) is 7.27. The largest absolute Gasteiger partial charge is 0.463 e. The first kappa shape index (κ1) is 25.8. The molecule has 2 aromatic rings. The van der Waals surface area contributed by atoms with Crippen molar-refractivity contribution < 1.29 is 23.0 Å². The van der Waals surface area contributed by atoms with Crippen LogP contribution in [0.3, 0.4) is 0 Å². The number of alkyl halides is 1. The number of carbonyl (C=O) groups is 1. The molecule has 2 saturated carbocycles. The number of hydrogen-bond acceptors (Lipinski definition) is 7. The molecule has 0 radical (unpaired) electrons. The zero-order chi connectivity index (χ0) is 26.8. The van der Waals surface area contributed by atoms with E-state index in [0.29, 0.717) is 49.7 Å². The quantitative estimate of drug-likeness (QED) is 0.452. The Morgan fingerprint density at radius 1 is 1.21 bits per heavy atom. The first-order valence-corrected chi connectivity index (χ1v) is 14.0. The summed E-state index contributed by atoms with van der Waals surface area (Å²) in [5, 5.41) is 0.166. The van der Waals surface area contributed by atoms with Crippen molar-refractivity contribution in [2.24, 2.45) is 11.3 Å². The number of piperazine rings is 1. The predicted molar refractivity (Wildman–Crippen MR) is 139 cm³/mol. The summed E-state index contributed by atoms with van der Waals surface area (Å²) in [7, 11) is 0. The van der Waals surface area contributed by atoms with E-state index in [0.717, 1.165) is 32.1 Å². The molecule has 38 heavy (non-hydrogen) atoms. The van der Waals surface area contributed by atoms with E-state index in [9.17, 15) is 9.18 Å².